The van der Waals surface area contributed by atoms with Gasteiger partial charge in [0.05, 0.1) is 12.2 Å². The molecule has 0 atom stereocenters. The maximum absolute atomic E-state index is 12.0. The van der Waals surface area contributed by atoms with E-state index in [1.165, 1.54) is 0 Å². The third kappa shape index (κ3) is 1.95. The highest BCUT2D eigenvalue weighted by atomic mass is 16.5. The van der Waals surface area contributed by atoms with E-state index in [1.807, 2.05) is 13.0 Å². The first-order chi connectivity index (χ1) is 7.83. The number of para-hydroxylation sites is 1. The van der Waals surface area contributed by atoms with Gasteiger partial charge in [-0.15, -0.1) is 0 Å². The molecule has 0 amide bonds. The number of imidazole rings is 1. The number of ketones is 1. The summed E-state index contributed by atoms with van der Waals surface area (Å²) >= 11 is 0. The third-order valence-corrected chi connectivity index (χ3v) is 2.14. The molecule has 0 aliphatic rings. The number of H-pyrrole nitrogens is 1. The molecule has 82 valence electrons. The fraction of sp³-hybridized carbons (Fsp3) is 0.167. The predicted molar refractivity (Wildman–Crippen MR) is 59.6 cm³/mol. The van der Waals surface area contributed by atoms with Gasteiger partial charge in [-0.1, -0.05) is 12.1 Å². The maximum Gasteiger partial charge on any atom is 0.231 e. The van der Waals surface area contributed by atoms with Gasteiger partial charge >= 0.3 is 0 Å². The Hall–Kier alpha value is -2.10. The SMILES string of the molecule is CCOc1ccccc1C(=O)c1ncc[nH]1. The number of hydrogen-bond acceptors (Lipinski definition) is 3. The minimum absolute atomic E-state index is 0.158. The molecule has 16 heavy (non-hydrogen) atoms. The lowest BCUT2D eigenvalue weighted by atomic mass is 10.1. The average Bonchev–Trinajstić information content (AvgIpc) is 2.83. The van der Waals surface area contributed by atoms with Gasteiger partial charge in [0, 0.05) is 12.4 Å². The lowest BCUT2D eigenvalue weighted by molar-refractivity contribution is 0.102. The molecule has 1 heterocycles. The van der Waals surface area contributed by atoms with Crippen LogP contribution >= 0.6 is 0 Å². The minimum atomic E-state index is -0.158. The molecule has 0 radical (unpaired) electrons. The van der Waals surface area contributed by atoms with E-state index in [9.17, 15) is 4.79 Å². The van der Waals surface area contributed by atoms with Crippen LogP contribution in [0.15, 0.2) is 36.7 Å². The smallest absolute Gasteiger partial charge is 0.231 e. The van der Waals surface area contributed by atoms with Crippen LogP contribution in [0.4, 0.5) is 0 Å². The molecule has 0 saturated carbocycles. The second-order valence-electron chi connectivity index (χ2n) is 3.20. The monoisotopic (exact) mass is 216 g/mol. The van der Waals surface area contributed by atoms with Gasteiger partial charge in [0.2, 0.25) is 5.78 Å². The van der Waals surface area contributed by atoms with E-state index in [1.54, 1.807) is 30.6 Å². The van der Waals surface area contributed by atoms with Crippen LogP contribution in [0, 0.1) is 0 Å². The lowest BCUT2D eigenvalue weighted by Crippen LogP contribution is -2.06. The van der Waals surface area contributed by atoms with Gasteiger partial charge in [-0.05, 0) is 19.1 Å². The second kappa shape index (κ2) is 4.61. The van der Waals surface area contributed by atoms with Crippen molar-refractivity contribution in [1.29, 1.82) is 0 Å². The van der Waals surface area contributed by atoms with E-state index in [0.717, 1.165) is 0 Å². The first-order valence-corrected chi connectivity index (χ1v) is 5.09. The third-order valence-electron chi connectivity index (χ3n) is 2.14. The van der Waals surface area contributed by atoms with Crippen molar-refractivity contribution in [3.05, 3.63) is 48.0 Å². The Morgan fingerprint density at radius 2 is 2.25 bits per heavy atom. The molecule has 0 spiro atoms. The van der Waals surface area contributed by atoms with E-state index in [-0.39, 0.29) is 5.78 Å². The van der Waals surface area contributed by atoms with E-state index in [0.29, 0.717) is 23.7 Å². The quantitative estimate of drug-likeness (QED) is 0.796. The Morgan fingerprint density at radius 1 is 1.44 bits per heavy atom. The van der Waals surface area contributed by atoms with Crippen LogP contribution in [0.2, 0.25) is 0 Å². The summed E-state index contributed by atoms with van der Waals surface area (Å²) in [6.07, 6.45) is 3.17. The molecule has 1 N–H and O–H groups in total. The van der Waals surface area contributed by atoms with Crippen molar-refractivity contribution in [3.8, 4) is 5.75 Å². The molecule has 0 aliphatic carbocycles. The molecule has 0 saturated heterocycles. The molecule has 1 aromatic carbocycles. The molecule has 4 nitrogen and oxygen atoms in total. The Kier molecular flexibility index (Phi) is 3.00. The molecule has 1 aromatic heterocycles. The first kappa shape index (κ1) is 10.4. The highest BCUT2D eigenvalue weighted by Crippen LogP contribution is 2.20. The molecule has 0 fully saturated rings. The molecule has 0 unspecified atom stereocenters. The number of nitrogens with zero attached hydrogens (tertiary/aromatic N) is 1. The van der Waals surface area contributed by atoms with Gasteiger partial charge in [-0.2, -0.15) is 0 Å². The summed E-state index contributed by atoms with van der Waals surface area (Å²) in [5, 5.41) is 0. The number of carbonyl (C=O) groups excluding carboxylic acids is 1. The zero-order valence-corrected chi connectivity index (χ0v) is 8.93. The van der Waals surface area contributed by atoms with Crippen molar-refractivity contribution in [2.75, 3.05) is 6.61 Å². The normalized spacial score (nSPS) is 10.1. The van der Waals surface area contributed by atoms with Gasteiger partial charge in [0.1, 0.15) is 5.75 Å². The van der Waals surface area contributed by atoms with Crippen molar-refractivity contribution in [2.45, 2.75) is 6.92 Å². The fourth-order valence-corrected chi connectivity index (χ4v) is 1.45. The molecule has 2 aromatic rings. The fourth-order valence-electron chi connectivity index (χ4n) is 1.45. The van der Waals surface area contributed by atoms with Crippen molar-refractivity contribution in [1.82, 2.24) is 9.97 Å². The van der Waals surface area contributed by atoms with Crippen molar-refractivity contribution in [2.24, 2.45) is 0 Å². The molecule has 0 bridgehead atoms. The number of hydrogen-bond donors (Lipinski definition) is 1. The number of nitrogens with one attached hydrogen (secondary N) is 1. The van der Waals surface area contributed by atoms with E-state index < -0.39 is 0 Å². The zero-order valence-electron chi connectivity index (χ0n) is 8.93. The van der Waals surface area contributed by atoms with Crippen LogP contribution in [0.3, 0.4) is 0 Å². The Balaban J connectivity index is 2.36. The van der Waals surface area contributed by atoms with Crippen LogP contribution in [-0.4, -0.2) is 22.4 Å². The van der Waals surface area contributed by atoms with Gasteiger partial charge in [0.15, 0.2) is 5.82 Å². The van der Waals surface area contributed by atoms with Crippen LogP contribution in [0.5, 0.6) is 5.75 Å². The van der Waals surface area contributed by atoms with Crippen LogP contribution in [0.1, 0.15) is 23.1 Å². The molecular formula is C12H12N2O2. The van der Waals surface area contributed by atoms with E-state index >= 15 is 0 Å². The average molecular weight is 216 g/mol. The maximum atomic E-state index is 12.0. The Labute approximate surface area is 93.3 Å². The summed E-state index contributed by atoms with van der Waals surface area (Å²) in [4.78, 5) is 18.8. The molecule has 0 aliphatic heterocycles. The van der Waals surface area contributed by atoms with Crippen LogP contribution < -0.4 is 4.74 Å². The highest BCUT2D eigenvalue weighted by Gasteiger charge is 2.15. The molecular weight excluding hydrogens is 204 g/mol. The second-order valence-corrected chi connectivity index (χ2v) is 3.20. The van der Waals surface area contributed by atoms with Gasteiger partial charge in [-0.3, -0.25) is 4.79 Å². The van der Waals surface area contributed by atoms with Gasteiger partial charge < -0.3 is 9.72 Å². The summed E-state index contributed by atoms with van der Waals surface area (Å²) in [6.45, 7) is 2.41. The topological polar surface area (TPSA) is 55.0 Å². The van der Waals surface area contributed by atoms with Crippen molar-refractivity contribution >= 4 is 5.78 Å². The molecule has 2 rings (SSSR count). The largest absolute Gasteiger partial charge is 0.493 e. The summed E-state index contributed by atoms with van der Waals surface area (Å²) in [6, 6.07) is 7.15. The number of carbonyl (C=O) groups is 1. The number of aromatic nitrogens is 2. The number of rotatable bonds is 4. The van der Waals surface area contributed by atoms with Gasteiger partial charge in [0.25, 0.3) is 0 Å². The minimum Gasteiger partial charge on any atom is -0.493 e. The Bertz CT molecular complexity index is 478. The highest BCUT2D eigenvalue weighted by molar-refractivity contribution is 6.08. The summed E-state index contributed by atoms with van der Waals surface area (Å²) in [5.41, 5.74) is 0.527. The number of benzene rings is 1. The zero-order chi connectivity index (χ0) is 11.4. The van der Waals surface area contributed by atoms with Crippen LogP contribution in [-0.2, 0) is 0 Å². The lowest BCUT2D eigenvalue weighted by Gasteiger charge is -2.07. The Morgan fingerprint density at radius 3 is 2.94 bits per heavy atom. The first-order valence-electron chi connectivity index (χ1n) is 5.09. The van der Waals surface area contributed by atoms with E-state index in [4.69, 9.17) is 4.74 Å². The van der Waals surface area contributed by atoms with Gasteiger partial charge in [-0.25, -0.2) is 4.98 Å². The van der Waals surface area contributed by atoms with Crippen molar-refractivity contribution < 1.29 is 9.53 Å². The van der Waals surface area contributed by atoms with Crippen LogP contribution in [0.25, 0.3) is 0 Å². The van der Waals surface area contributed by atoms with E-state index in [2.05, 4.69) is 9.97 Å². The summed E-state index contributed by atoms with van der Waals surface area (Å²) in [5.74, 6) is 0.757. The summed E-state index contributed by atoms with van der Waals surface area (Å²) in [7, 11) is 0. The number of ether oxygens (including phenoxy) is 1. The predicted octanol–water partition coefficient (Wildman–Crippen LogP) is 2.04. The molecule has 4 heteroatoms. The van der Waals surface area contributed by atoms with Crippen molar-refractivity contribution in [3.63, 3.8) is 0 Å². The summed E-state index contributed by atoms with van der Waals surface area (Å²) < 4.78 is 5.39. The standard InChI is InChI=1S/C12H12N2O2/c1-2-16-10-6-4-3-5-9(10)11(15)12-13-7-8-14-12/h3-8H,2H2,1H3,(H,13,14). The number of aromatic amines is 1.